The van der Waals surface area contributed by atoms with Gasteiger partial charge in [0.1, 0.15) is 17.2 Å². The van der Waals surface area contributed by atoms with Crippen molar-refractivity contribution in [3.63, 3.8) is 0 Å². The van der Waals surface area contributed by atoms with Gasteiger partial charge >= 0.3 is 35.9 Å². The Labute approximate surface area is 762 Å². The molecule has 0 bridgehead atoms. The minimum atomic E-state index is -0.442. The lowest BCUT2D eigenvalue weighted by Gasteiger charge is -2.36. The van der Waals surface area contributed by atoms with E-state index in [0.717, 1.165) is 153 Å². The van der Waals surface area contributed by atoms with Gasteiger partial charge in [0.15, 0.2) is 20.2 Å². The molecule has 6 aromatic carbocycles. The standard InChI is InChI=1S/C99H114N12O15S3/c112-91-37-31-73-28-34-76(118-58-13-7-43-103-46-52-106(53-47-103)82-19-16-22-88-79(82)40-64-127-88)67-85(73)109(91)70-124-94(115)25-4-1-10-61-121-97-100-98(122-62-11-2-5-26-95(116)125-71-110-86-68-77(35-29-74(86)32-38-92(110)113)119-59-14-8-44-104-48-54-107(55-49-104)83-20-17-23-89-80(83)41-65-128-89)102-99(101-97)123-63-12-3-6-27-96(117)126-72-111-87-69-78(36-30-75(87)33-39-93(111)114)120-60-15-9-45-105-50-56-108(57-51-105)84-21-18-24-90-81(84)42-66-129-90/h16-24,28-42,64-69H,1-15,25-27,43-63,70-72H2. The van der Waals surface area contributed by atoms with Crippen LogP contribution in [0.25, 0.3) is 63.0 Å². The van der Waals surface area contributed by atoms with Gasteiger partial charge in [-0.2, -0.15) is 0 Å². The molecule has 0 amide bonds. The van der Waals surface area contributed by atoms with Crippen LogP contribution in [0.3, 0.4) is 0 Å². The van der Waals surface area contributed by atoms with Gasteiger partial charge in [-0.3, -0.25) is 57.2 Å². The van der Waals surface area contributed by atoms with Crippen LogP contribution in [0.1, 0.15) is 116 Å². The molecule has 0 unspecified atom stereocenters. The molecule has 3 aliphatic rings. The highest BCUT2D eigenvalue weighted by Crippen LogP contribution is 2.36. The highest BCUT2D eigenvalue weighted by atomic mass is 32.1. The number of carbonyl (C=O) groups excluding carboxylic acids is 3. The number of nitrogens with zero attached hydrogens (tertiary/aromatic N) is 12. The van der Waals surface area contributed by atoms with Crippen molar-refractivity contribution >= 4 is 132 Å². The average molecular weight is 1810 g/mol. The third-order valence-electron chi connectivity index (χ3n) is 24.3. The van der Waals surface area contributed by atoms with Crippen molar-refractivity contribution < 1.29 is 57.0 Å². The molecule has 129 heavy (non-hydrogen) atoms. The molecule has 10 heterocycles. The molecule has 30 heteroatoms. The van der Waals surface area contributed by atoms with Gasteiger partial charge in [0, 0.05) is 182 Å². The van der Waals surface area contributed by atoms with Gasteiger partial charge in [0.2, 0.25) is 0 Å². The predicted molar refractivity (Wildman–Crippen MR) is 510 cm³/mol. The number of pyridine rings is 3. The van der Waals surface area contributed by atoms with Gasteiger partial charge in [-0.25, -0.2) is 0 Å². The van der Waals surface area contributed by atoms with Crippen LogP contribution in [0.2, 0.25) is 0 Å². The van der Waals surface area contributed by atoms with Crippen molar-refractivity contribution in [2.75, 3.05) is 153 Å². The number of hydrogen-bond acceptors (Lipinski definition) is 27. The van der Waals surface area contributed by atoms with Crippen LogP contribution in [-0.2, 0) is 48.8 Å². The minimum absolute atomic E-state index is 0.0218. The topological polar surface area (TPSA) is 258 Å². The van der Waals surface area contributed by atoms with Crippen molar-refractivity contribution in [1.29, 1.82) is 0 Å². The fraction of sp³-hybridized carbons (Fsp3) is 0.424. The maximum atomic E-state index is 13.2. The second-order valence-corrected chi connectivity index (χ2v) is 35.9. The summed E-state index contributed by atoms with van der Waals surface area (Å²) in [6, 6.07) is 52.9. The first-order valence-electron chi connectivity index (χ1n) is 45.6. The van der Waals surface area contributed by atoms with E-state index in [2.05, 4.69) is 133 Å². The van der Waals surface area contributed by atoms with Gasteiger partial charge in [-0.15, -0.1) is 49.0 Å². The van der Waals surface area contributed by atoms with E-state index >= 15 is 0 Å². The Morgan fingerprint density at radius 2 is 0.574 bits per heavy atom. The van der Waals surface area contributed by atoms with Crippen LogP contribution in [0.15, 0.2) is 194 Å². The number of anilines is 3. The van der Waals surface area contributed by atoms with Crippen LogP contribution in [-0.4, -0.2) is 199 Å². The quantitative estimate of drug-likeness (QED) is 0.0195. The molecule has 3 fully saturated rings. The molecule has 16 rings (SSSR count). The SMILES string of the molecule is O=C(CCCCCOc1nc(OCCCCCC(=O)OCn2c(=O)ccc3ccc(OCCCCN4CCN(c5cccc6sccc56)CC4)cc32)nc(OCCCCCC(=O)OCn2c(=O)ccc3ccc(OCCCCN4CCN(c5cccc6sccc56)CC4)cc32)n1)OCn1c(=O)ccc2ccc(OCCCCN3CCN(c4cccc5sccc45)CC3)cc21. The maximum Gasteiger partial charge on any atom is 0.325 e. The molecule has 27 nitrogen and oxygen atoms in total. The number of benzene rings is 6. The van der Waals surface area contributed by atoms with Crippen LogP contribution in [0, 0.1) is 0 Å². The summed E-state index contributed by atoms with van der Waals surface area (Å²) >= 11 is 5.35. The molecular formula is C99H114N12O15S3. The monoisotopic (exact) mass is 1810 g/mol. The molecule has 0 aliphatic carbocycles. The number of thiophene rings is 3. The molecule has 0 saturated carbocycles. The Morgan fingerprint density at radius 1 is 0.295 bits per heavy atom. The van der Waals surface area contributed by atoms with E-state index in [1.165, 1.54) is 79.2 Å². The molecule has 3 saturated heterocycles. The van der Waals surface area contributed by atoms with E-state index in [1.54, 1.807) is 52.2 Å². The number of rotatable bonds is 48. The van der Waals surface area contributed by atoms with Crippen LogP contribution in [0.4, 0.5) is 17.1 Å². The lowest BCUT2D eigenvalue weighted by molar-refractivity contribution is -0.148. The van der Waals surface area contributed by atoms with Crippen LogP contribution in [0.5, 0.6) is 35.3 Å². The number of hydrogen-bond donors (Lipinski definition) is 0. The third kappa shape index (κ3) is 25.1. The second-order valence-electron chi connectivity index (χ2n) is 33.0. The first-order chi connectivity index (χ1) is 63.4. The summed E-state index contributed by atoms with van der Waals surface area (Å²) in [5.74, 6) is 0.592. The van der Waals surface area contributed by atoms with Crippen LogP contribution < -0.4 is 59.8 Å². The molecular weight excluding hydrogens is 1690 g/mol. The second kappa shape index (κ2) is 46.0. The number of unbranched alkanes of at least 4 members (excludes halogenated alkanes) is 9. The lowest BCUT2D eigenvalue weighted by Crippen LogP contribution is -2.46. The van der Waals surface area contributed by atoms with E-state index < -0.39 is 17.9 Å². The fourth-order valence-electron chi connectivity index (χ4n) is 17.0. The third-order valence-corrected chi connectivity index (χ3v) is 26.9. The van der Waals surface area contributed by atoms with Crippen molar-refractivity contribution in [2.45, 2.75) is 136 Å². The molecule has 0 atom stereocenters. The summed E-state index contributed by atoms with van der Waals surface area (Å²) in [7, 11) is 0. The zero-order valence-corrected chi connectivity index (χ0v) is 75.7. The molecule has 13 aromatic rings. The highest BCUT2D eigenvalue weighted by Gasteiger charge is 2.24. The van der Waals surface area contributed by atoms with Gasteiger partial charge in [0.25, 0.3) is 16.7 Å². The zero-order chi connectivity index (χ0) is 88.3. The fourth-order valence-corrected chi connectivity index (χ4v) is 19.5. The molecule has 3 aliphatic heterocycles. The first-order valence-corrected chi connectivity index (χ1v) is 48.3. The van der Waals surface area contributed by atoms with Crippen molar-refractivity contribution in [2.24, 2.45) is 0 Å². The summed E-state index contributed by atoms with van der Waals surface area (Å²) in [5.41, 5.74) is 4.91. The van der Waals surface area contributed by atoms with Crippen molar-refractivity contribution in [3.8, 4) is 35.3 Å². The first kappa shape index (κ1) is 90.7. The van der Waals surface area contributed by atoms with E-state index in [4.69, 9.17) is 42.6 Å². The number of fused-ring (bicyclic) bond motifs is 6. The zero-order valence-electron chi connectivity index (χ0n) is 73.2. The number of carbonyl (C=O) groups is 3. The number of esters is 3. The summed E-state index contributed by atoms with van der Waals surface area (Å²) in [5, 5.41) is 12.9. The molecule has 7 aromatic heterocycles. The van der Waals surface area contributed by atoms with Crippen molar-refractivity contribution in [1.82, 2.24) is 43.4 Å². The molecule has 0 spiro atoms. The highest BCUT2D eigenvalue weighted by molar-refractivity contribution is 7.18. The van der Waals surface area contributed by atoms with Gasteiger partial charge in [-0.1, -0.05) is 18.2 Å². The van der Waals surface area contributed by atoms with E-state index in [-0.39, 0.29) is 94.0 Å². The summed E-state index contributed by atoms with van der Waals surface area (Å²) in [6.07, 6.45) is 11.0. The average Bonchev–Trinajstić information content (AvgIpc) is 1.41. The summed E-state index contributed by atoms with van der Waals surface area (Å²) < 4.78 is 62.1. The lowest BCUT2D eigenvalue weighted by atomic mass is 10.2. The Balaban J connectivity index is 0.455. The Kier molecular flexibility index (Phi) is 32.4. The van der Waals surface area contributed by atoms with Crippen LogP contribution >= 0.6 is 34.0 Å². The Hall–Kier alpha value is -11.7. The molecule has 678 valence electrons. The van der Waals surface area contributed by atoms with E-state index in [1.807, 2.05) is 54.6 Å². The maximum absolute atomic E-state index is 13.2. The van der Waals surface area contributed by atoms with Gasteiger partial charge in [-0.05, 0) is 257 Å². The number of ether oxygens (including phenoxy) is 9. The Bertz CT molecular complexity index is 5500. The Morgan fingerprint density at radius 3 is 0.876 bits per heavy atom. The number of piperazine rings is 3. The van der Waals surface area contributed by atoms with Gasteiger partial charge in [0.05, 0.1) is 56.2 Å². The molecule has 0 radical (unpaired) electrons. The smallest absolute Gasteiger partial charge is 0.325 e. The summed E-state index contributed by atoms with van der Waals surface area (Å²) in [6.45, 7) is 16.6. The predicted octanol–water partition coefficient (Wildman–Crippen LogP) is 16.8. The largest absolute Gasteiger partial charge is 0.494 e. The summed E-state index contributed by atoms with van der Waals surface area (Å²) in [4.78, 5) is 108. The van der Waals surface area contributed by atoms with Gasteiger partial charge < -0.3 is 57.3 Å². The molecule has 0 N–H and O–H groups in total. The number of aromatic nitrogens is 6. The van der Waals surface area contributed by atoms with Crippen molar-refractivity contribution in [3.05, 3.63) is 211 Å². The van der Waals surface area contributed by atoms with E-state index in [0.29, 0.717) is 111 Å². The van der Waals surface area contributed by atoms with E-state index in [9.17, 15) is 28.8 Å². The normalized spacial score (nSPS) is 14.2. The minimum Gasteiger partial charge on any atom is -0.494 e.